The molecule has 1 aliphatic heterocycles. The zero-order valence-corrected chi connectivity index (χ0v) is 13.0. The van der Waals surface area contributed by atoms with E-state index in [9.17, 15) is 5.11 Å². The number of aliphatic hydroxyl groups is 1. The van der Waals surface area contributed by atoms with Crippen LogP contribution in [0.3, 0.4) is 0 Å². The van der Waals surface area contributed by atoms with Crippen molar-refractivity contribution in [2.45, 2.75) is 38.3 Å². The molecular formula is C14H25N3OS. The highest BCUT2D eigenvalue weighted by Crippen LogP contribution is 2.32. The van der Waals surface area contributed by atoms with Crippen molar-refractivity contribution >= 4 is 11.8 Å². The standard InChI is InChI=1S/C14H25N3OS/c1-4-13-12(10-17(3)15-13)9-16(2)14(11-18)5-7-19-8-6-14/h10,18H,4-9,11H2,1-3H3. The number of rotatable bonds is 5. The predicted octanol–water partition coefficient (Wildman–Crippen LogP) is 1.67. The molecule has 1 aromatic rings. The Kier molecular flexibility index (Phi) is 4.92. The molecule has 0 saturated carbocycles. The lowest BCUT2D eigenvalue weighted by molar-refractivity contribution is 0.0359. The summed E-state index contributed by atoms with van der Waals surface area (Å²) in [6.07, 6.45) is 5.22. The van der Waals surface area contributed by atoms with E-state index in [0.29, 0.717) is 0 Å². The van der Waals surface area contributed by atoms with Crippen LogP contribution >= 0.6 is 11.8 Å². The fourth-order valence-electron chi connectivity index (χ4n) is 2.85. The Morgan fingerprint density at radius 2 is 2.16 bits per heavy atom. The van der Waals surface area contributed by atoms with Crippen LogP contribution in [0.2, 0.25) is 0 Å². The number of hydrogen-bond acceptors (Lipinski definition) is 4. The van der Waals surface area contributed by atoms with Crippen LogP contribution in [0.25, 0.3) is 0 Å². The van der Waals surface area contributed by atoms with Gasteiger partial charge < -0.3 is 5.11 Å². The molecule has 1 saturated heterocycles. The zero-order chi connectivity index (χ0) is 13.9. The van der Waals surface area contributed by atoms with Crippen molar-refractivity contribution in [3.05, 3.63) is 17.5 Å². The summed E-state index contributed by atoms with van der Waals surface area (Å²) in [5.41, 5.74) is 2.43. The smallest absolute Gasteiger partial charge is 0.0666 e. The Balaban J connectivity index is 2.12. The molecule has 0 unspecified atom stereocenters. The largest absolute Gasteiger partial charge is 0.394 e. The summed E-state index contributed by atoms with van der Waals surface area (Å²) in [4.78, 5) is 2.34. The van der Waals surface area contributed by atoms with Crippen molar-refractivity contribution in [1.29, 1.82) is 0 Å². The van der Waals surface area contributed by atoms with Crippen molar-refractivity contribution < 1.29 is 5.11 Å². The van der Waals surface area contributed by atoms with Gasteiger partial charge in [-0.15, -0.1) is 0 Å². The van der Waals surface area contributed by atoms with Crippen LogP contribution in [-0.2, 0) is 20.0 Å². The van der Waals surface area contributed by atoms with E-state index in [-0.39, 0.29) is 12.1 Å². The first-order chi connectivity index (χ1) is 9.11. The lowest BCUT2D eigenvalue weighted by Crippen LogP contribution is -2.51. The monoisotopic (exact) mass is 283 g/mol. The fourth-order valence-corrected chi connectivity index (χ4v) is 4.10. The molecule has 1 aliphatic rings. The number of likely N-dealkylation sites (N-methyl/N-ethyl adjacent to an activating group) is 1. The number of thioether (sulfide) groups is 1. The fraction of sp³-hybridized carbons (Fsp3) is 0.786. The number of hydrogen-bond donors (Lipinski definition) is 1. The summed E-state index contributed by atoms with van der Waals surface area (Å²) in [6.45, 7) is 3.28. The van der Waals surface area contributed by atoms with E-state index in [1.807, 2.05) is 23.5 Å². The number of nitrogens with zero attached hydrogens (tertiary/aromatic N) is 3. The molecule has 0 amide bonds. The number of aliphatic hydroxyl groups excluding tert-OH is 1. The summed E-state index contributed by atoms with van der Waals surface area (Å²) >= 11 is 1.99. The molecule has 5 heteroatoms. The molecule has 1 fully saturated rings. The minimum atomic E-state index is -0.0356. The third-order valence-corrected chi connectivity index (χ3v) is 5.25. The van der Waals surface area contributed by atoms with E-state index < -0.39 is 0 Å². The van der Waals surface area contributed by atoms with E-state index in [4.69, 9.17) is 0 Å². The lowest BCUT2D eigenvalue weighted by Gasteiger charge is -2.43. The van der Waals surface area contributed by atoms with Crippen LogP contribution in [0.5, 0.6) is 0 Å². The van der Waals surface area contributed by atoms with Crippen LogP contribution < -0.4 is 0 Å². The normalized spacial score (nSPS) is 19.0. The molecule has 2 heterocycles. The molecule has 19 heavy (non-hydrogen) atoms. The Morgan fingerprint density at radius 3 is 2.74 bits per heavy atom. The second-order valence-corrected chi connectivity index (χ2v) is 6.70. The molecule has 0 atom stereocenters. The first-order valence-electron chi connectivity index (χ1n) is 7.02. The second-order valence-electron chi connectivity index (χ2n) is 5.48. The first kappa shape index (κ1) is 14.9. The van der Waals surface area contributed by atoms with Gasteiger partial charge in [-0.05, 0) is 37.8 Å². The molecule has 0 bridgehead atoms. The average molecular weight is 283 g/mol. The Morgan fingerprint density at radius 1 is 1.47 bits per heavy atom. The Bertz CT molecular complexity index is 413. The van der Waals surface area contributed by atoms with Crippen molar-refractivity contribution in [1.82, 2.24) is 14.7 Å². The van der Waals surface area contributed by atoms with Crippen LogP contribution in [0.15, 0.2) is 6.20 Å². The van der Waals surface area contributed by atoms with E-state index in [1.165, 1.54) is 11.3 Å². The van der Waals surface area contributed by atoms with Gasteiger partial charge >= 0.3 is 0 Å². The van der Waals surface area contributed by atoms with E-state index in [0.717, 1.165) is 37.3 Å². The molecule has 0 aromatic carbocycles. The zero-order valence-electron chi connectivity index (χ0n) is 12.2. The number of aromatic nitrogens is 2. The molecule has 0 spiro atoms. The molecular weight excluding hydrogens is 258 g/mol. The minimum Gasteiger partial charge on any atom is -0.394 e. The first-order valence-corrected chi connectivity index (χ1v) is 8.18. The van der Waals surface area contributed by atoms with Gasteiger partial charge in [0.15, 0.2) is 0 Å². The predicted molar refractivity (Wildman–Crippen MR) is 80.4 cm³/mol. The maximum absolute atomic E-state index is 9.85. The van der Waals surface area contributed by atoms with Gasteiger partial charge in [-0.3, -0.25) is 9.58 Å². The van der Waals surface area contributed by atoms with Crippen molar-refractivity contribution in [2.75, 3.05) is 25.2 Å². The van der Waals surface area contributed by atoms with E-state index in [2.05, 4.69) is 30.2 Å². The molecule has 2 rings (SSSR count). The molecule has 1 aromatic heterocycles. The molecule has 0 aliphatic carbocycles. The van der Waals surface area contributed by atoms with Crippen molar-refractivity contribution in [3.63, 3.8) is 0 Å². The van der Waals surface area contributed by atoms with Crippen LogP contribution in [0.1, 0.15) is 31.0 Å². The lowest BCUT2D eigenvalue weighted by atomic mass is 9.91. The van der Waals surface area contributed by atoms with Crippen molar-refractivity contribution in [2.24, 2.45) is 7.05 Å². The topological polar surface area (TPSA) is 41.3 Å². The highest BCUT2D eigenvalue weighted by Gasteiger charge is 2.35. The van der Waals surface area contributed by atoms with Crippen LogP contribution in [-0.4, -0.2) is 50.5 Å². The van der Waals surface area contributed by atoms with Gasteiger partial charge in [0.1, 0.15) is 0 Å². The van der Waals surface area contributed by atoms with Gasteiger partial charge in [0.2, 0.25) is 0 Å². The summed E-state index contributed by atoms with van der Waals surface area (Å²) < 4.78 is 1.89. The van der Waals surface area contributed by atoms with E-state index in [1.54, 1.807) is 0 Å². The molecule has 0 radical (unpaired) electrons. The summed E-state index contributed by atoms with van der Waals surface area (Å²) in [7, 11) is 4.11. The highest BCUT2D eigenvalue weighted by molar-refractivity contribution is 7.99. The molecule has 108 valence electrons. The van der Waals surface area contributed by atoms with Gasteiger partial charge in [0.25, 0.3) is 0 Å². The van der Waals surface area contributed by atoms with Crippen LogP contribution in [0.4, 0.5) is 0 Å². The van der Waals surface area contributed by atoms with E-state index >= 15 is 0 Å². The second kappa shape index (κ2) is 6.29. The maximum atomic E-state index is 9.85. The minimum absolute atomic E-state index is 0.0356. The third-order valence-electron chi connectivity index (χ3n) is 4.26. The highest BCUT2D eigenvalue weighted by atomic mass is 32.2. The summed E-state index contributed by atoms with van der Waals surface area (Å²) in [5, 5.41) is 14.3. The SMILES string of the molecule is CCc1nn(C)cc1CN(C)C1(CO)CCSCC1. The average Bonchev–Trinajstić information content (AvgIpc) is 2.79. The van der Waals surface area contributed by atoms with Gasteiger partial charge in [0, 0.05) is 30.9 Å². The molecule has 1 N–H and O–H groups in total. The maximum Gasteiger partial charge on any atom is 0.0666 e. The van der Waals surface area contributed by atoms with Gasteiger partial charge in [-0.1, -0.05) is 6.92 Å². The summed E-state index contributed by atoms with van der Waals surface area (Å²) in [6, 6.07) is 0. The Hall–Kier alpha value is -0.520. The quantitative estimate of drug-likeness (QED) is 0.892. The third kappa shape index (κ3) is 3.15. The summed E-state index contributed by atoms with van der Waals surface area (Å²) in [5.74, 6) is 2.30. The van der Waals surface area contributed by atoms with Gasteiger partial charge in [-0.25, -0.2) is 0 Å². The number of aryl methyl sites for hydroxylation is 2. The van der Waals surface area contributed by atoms with Crippen LogP contribution in [0, 0.1) is 0 Å². The molecule has 4 nitrogen and oxygen atoms in total. The van der Waals surface area contributed by atoms with Crippen molar-refractivity contribution in [3.8, 4) is 0 Å². The Labute approximate surface area is 120 Å². The van der Waals surface area contributed by atoms with Gasteiger partial charge in [0.05, 0.1) is 12.3 Å². The van der Waals surface area contributed by atoms with Gasteiger partial charge in [-0.2, -0.15) is 16.9 Å².